The molecule has 2 unspecified atom stereocenters. The summed E-state index contributed by atoms with van der Waals surface area (Å²) in [5, 5.41) is 10.0. The predicted molar refractivity (Wildman–Crippen MR) is 102 cm³/mol. The van der Waals surface area contributed by atoms with Gasteiger partial charge in [0.2, 0.25) is 0 Å². The van der Waals surface area contributed by atoms with Crippen LogP contribution in [0.1, 0.15) is 35.6 Å². The molecule has 3 nitrogen and oxygen atoms in total. The molecule has 0 aromatic heterocycles. The minimum atomic E-state index is -4.47. The van der Waals surface area contributed by atoms with Gasteiger partial charge >= 0.3 is 12.1 Å². The fourth-order valence-corrected chi connectivity index (χ4v) is 3.93. The van der Waals surface area contributed by atoms with Gasteiger partial charge in [-0.1, -0.05) is 41.4 Å². The molecule has 0 aliphatic carbocycles. The van der Waals surface area contributed by atoms with E-state index in [-0.39, 0.29) is 6.54 Å². The number of rotatable bonds is 4. The van der Waals surface area contributed by atoms with Crippen LogP contribution in [0.5, 0.6) is 0 Å². The minimum Gasteiger partial charge on any atom is -0.481 e. The summed E-state index contributed by atoms with van der Waals surface area (Å²) in [4.78, 5) is 13.4. The number of alkyl halides is 3. The lowest BCUT2D eigenvalue weighted by Gasteiger charge is -2.38. The van der Waals surface area contributed by atoms with Crippen molar-refractivity contribution in [2.45, 2.75) is 25.1 Å². The molecule has 28 heavy (non-hydrogen) atoms. The number of carbonyl (C=O) groups is 1. The van der Waals surface area contributed by atoms with E-state index < -0.39 is 29.7 Å². The molecule has 1 fully saturated rings. The van der Waals surface area contributed by atoms with Crippen molar-refractivity contribution < 1.29 is 23.1 Å². The maximum atomic E-state index is 13.2. The highest BCUT2D eigenvalue weighted by molar-refractivity contribution is 6.42. The van der Waals surface area contributed by atoms with Gasteiger partial charge in [0.1, 0.15) is 0 Å². The maximum absolute atomic E-state index is 13.2. The first kappa shape index (κ1) is 21.0. The number of aliphatic carboxylic acids is 1. The van der Waals surface area contributed by atoms with Gasteiger partial charge in [0.25, 0.3) is 0 Å². The van der Waals surface area contributed by atoms with E-state index in [4.69, 9.17) is 23.2 Å². The third-order valence-corrected chi connectivity index (χ3v) is 5.70. The molecule has 0 saturated carbocycles. The summed E-state index contributed by atoms with van der Waals surface area (Å²) >= 11 is 12.1. The highest BCUT2D eigenvalue weighted by Gasteiger charge is 2.34. The van der Waals surface area contributed by atoms with Gasteiger partial charge < -0.3 is 5.11 Å². The molecule has 0 bridgehead atoms. The van der Waals surface area contributed by atoms with Gasteiger partial charge in [-0.05, 0) is 54.8 Å². The lowest BCUT2D eigenvalue weighted by Crippen LogP contribution is -2.41. The molecule has 8 heteroatoms. The number of hydrogen-bond acceptors (Lipinski definition) is 2. The second-order valence-corrected chi connectivity index (χ2v) is 7.69. The monoisotopic (exact) mass is 431 g/mol. The average molecular weight is 432 g/mol. The molecule has 0 amide bonds. The normalized spacial score (nSPS) is 19.4. The van der Waals surface area contributed by atoms with Crippen molar-refractivity contribution in [1.82, 2.24) is 4.90 Å². The summed E-state index contributed by atoms with van der Waals surface area (Å²) in [6.45, 7) is 0.821. The molecule has 0 radical (unpaired) electrons. The Balaban J connectivity index is 2.07. The van der Waals surface area contributed by atoms with E-state index in [9.17, 15) is 23.1 Å². The first-order valence-corrected chi connectivity index (χ1v) is 9.51. The molecule has 1 saturated heterocycles. The zero-order valence-corrected chi connectivity index (χ0v) is 16.2. The Kier molecular flexibility index (Phi) is 6.22. The molecule has 0 spiro atoms. The van der Waals surface area contributed by atoms with Gasteiger partial charge in [0.15, 0.2) is 0 Å². The van der Waals surface area contributed by atoms with E-state index in [2.05, 4.69) is 0 Å². The maximum Gasteiger partial charge on any atom is 0.416 e. The van der Waals surface area contributed by atoms with Gasteiger partial charge in [0, 0.05) is 6.54 Å². The van der Waals surface area contributed by atoms with Crippen LogP contribution >= 0.6 is 23.2 Å². The third-order valence-electron chi connectivity index (χ3n) is 4.96. The molecule has 2 aromatic carbocycles. The fraction of sp³-hybridized carbons (Fsp3) is 0.350. The first-order valence-electron chi connectivity index (χ1n) is 8.76. The summed E-state index contributed by atoms with van der Waals surface area (Å²) in [7, 11) is 0. The van der Waals surface area contributed by atoms with Crippen LogP contribution in [0.4, 0.5) is 13.2 Å². The Bertz CT molecular complexity index is 873. The summed E-state index contributed by atoms with van der Waals surface area (Å²) in [5.74, 6) is -1.47. The Morgan fingerprint density at radius 1 is 1.11 bits per heavy atom. The molecule has 1 heterocycles. The van der Waals surface area contributed by atoms with Crippen molar-refractivity contribution in [3.05, 3.63) is 69.2 Å². The Hall–Kier alpha value is -1.76. The molecule has 1 aliphatic heterocycles. The average Bonchev–Trinajstić information content (AvgIpc) is 2.65. The van der Waals surface area contributed by atoms with Crippen LogP contribution in [-0.2, 0) is 11.0 Å². The van der Waals surface area contributed by atoms with Crippen LogP contribution in [0.25, 0.3) is 0 Å². The van der Waals surface area contributed by atoms with Crippen LogP contribution in [0.2, 0.25) is 10.0 Å². The molecular formula is C20H18Cl2F3NO2. The summed E-state index contributed by atoms with van der Waals surface area (Å²) < 4.78 is 39.7. The highest BCUT2D eigenvalue weighted by Crippen LogP contribution is 2.38. The lowest BCUT2D eigenvalue weighted by molar-refractivity contribution is -0.143. The van der Waals surface area contributed by atoms with Crippen LogP contribution in [0.15, 0.2) is 42.5 Å². The van der Waals surface area contributed by atoms with E-state index in [1.165, 1.54) is 6.07 Å². The zero-order valence-electron chi connectivity index (χ0n) is 14.7. The van der Waals surface area contributed by atoms with Crippen molar-refractivity contribution in [1.29, 1.82) is 0 Å². The zero-order chi connectivity index (χ0) is 20.5. The number of nitrogens with zero attached hydrogens (tertiary/aromatic N) is 1. The summed E-state index contributed by atoms with van der Waals surface area (Å²) in [5.41, 5.74) is 0.348. The van der Waals surface area contributed by atoms with Gasteiger partial charge in [-0.15, -0.1) is 0 Å². The number of carboxylic acid groups (broad SMARTS) is 1. The first-order chi connectivity index (χ1) is 13.2. The van der Waals surface area contributed by atoms with Crippen LogP contribution < -0.4 is 0 Å². The van der Waals surface area contributed by atoms with Crippen molar-refractivity contribution >= 4 is 29.2 Å². The molecule has 3 rings (SSSR count). The molecule has 1 aliphatic rings. The number of likely N-dealkylation sites (tertiary alicyclic amines) is 1. The molecular weight excluding hydrogens is 414 g/mol. The summed E-state index contributed by atoms with van der Waals surface area (Å²) in [6.07, 6.45) is -3.28. The van der Waals surface area contributed by atoms with E-state index >= 15 is 0 Å². The largest absolute Gasteiger partial charge is 0.481 e. The lowest BCUT2D eigenvalue weighted by atomic mass is 9.91. The minimum absolute atomic E-state index is 0.247. The number of benzene rings is 2. The van der Waals surface area contributed by atoms with Crippen LogP contribution in [0, 0.1) is 5.92 Å². The highest BCUT2D eigenvalue weighted by atomic mass is 35.5. The predicted octanol–water partition coefficient (Wildman–Crippen LogP) is 5.90. The fourth-order valence-electron chi connectivity index (χ4n) is 3.62. The topological polar surface area (TPSA) is 40.5 Å². The molecule has 1 N–H and O–H groups in total. The smallest absolute Gasteiger partial charge is 0.416 e. The quantitative estimate of drug-likeness (QED) is 0.654. The molecule has 2 atom stereocenters. The Morgan fingerprint density at radius 2 is 1.82 bits per heavy atom. The third kappa shape index (κ3) is 4.62. The molecule has 150 valence electrons. The van der Waals surface area contributed by atoms with Crippen molar-refractivity contribution in [2.75, 3.05) is 13.1 Å². The van der Waals surface area contributed by atoms with E-state index in [0.717, 1.165) is 12.1 Å². The van der Waals surface area contributed by atoms with Crippen LogP contribution in [-0.4, -0.2) is 29.1 Å². The van der Waals surface area contributed by atoms with Crippen molar-refractivity contribution in [3.63, 3.8) is 0 Å². The molecule has 2 aromatic rings. The number of carboxylic acids is 1. The van der Waals surface area contributed by atoms with Gasteiger partial charge in [0.05, 0.1) is 27.6 Å². The second-order valence-electron chi connectivity index (χ2n) is 6.87. The van der Waals surface area contributed by atoms with Gasteiger partial charge in [-0.25, -0.2) is 0 Å². The van der Waals surface area contributed by atoms with Gasteiger partial charge in [-0.2, -0.15) is 13.2 Å². The van der Waals surface area contributed by atoms with Crippen molar-refractivity contribution in [2.24, 2.45) is 5.92 Å². The van der Waals surface area contributed by atoms with Crippen LogP contribution in [0.3, 0.4) is 0 Å². The number of piperidine rings is 1. The van der Waals surface area contributed by atoms with E-state index in [0.29, 0.717) is 40.6 Å². The SMILES string of the molecule is O=C(O)C1CCCN(C(c2cccc(C(F)(F)F)c2)c2ccc(Cl)c(Cl)c2)C1. The summed E-state index contributed by atoms with van der Waals surface area (Å²) in [6, 6.07) is 9.48. The second kappa shape index (κ2) is 8.31. The van der Waals surface area contributed by atoms with E-state index in [1.807, 2.05) is 4.90 Å². The van der Waals surface area contributed by atoms with E-state index in [1.54, 1.807) is 24.3 Å². The number of hydrogen-bond donors (Lipinski definition) is 1. The van der Waals surface area contributed by atoms with Gasteiger partial charge in [-0.3, -0.25) is 9.69 Å². The number of halogens is 5. The Labute approximate surface area is 170 Å². The standard InChI is InChI=1S/C20H18Cl2F3NO2/c21-16-7-6-13(10-17(16)22)18(26-8-2-4-14(11-26)19(27)28)12-3-1-5-15(9-12)20(23,24)25/h1,3,5-7,9-10,14,18H,2,4,8,11H2,(H,27,28). The van der Waals surface area contributed by atoms with Crippen molar-refractivity contribution in [3.8, 4) is 0 Å². The Morgan fingerprint density at radius 3 is 2.46 bits per heavy atom.